The summed E-state index contributed by atoms with van der Waals surface area (Å²) in [4.78, 5) is 16.5. The van der Waals surface area contributed by atoms with Crippen LogP contribution in [0.5, 0.6) is 0 Å². The molecular formula is C20H22N6O3S. The SMILES string of the molecule is Cc1cc(C)n(-c2ccc(CNS(=O)(=O)c3ccc4c(c3)n(C)c(=O)n4C)cn2)n1. The average molecular weight is 427 g/mol. The molecule has 0 bridgehead atoms. The number of hydrogen-bond donors (Lipinski definition) is 1. The zero-order chi connectivity index (χ0) is 21.6. The number of pyridine rings is 1. The van der Waals surface area contributed by atoms with E-state index >= 15 is 0 Å². The lowest BCUT2D eigenvalue weighted by molar-refractivity contribution is 0.581. The van der Waals surface area contributed by atoms with Gasteiger partial charge in [0, 0.05) is 32.5 Å². The maximum Gasteiger partial charge on any atom is 0.328 e. The summed E-state index contributed by atoms with van der Waals surface area (Å²) in [6.07, 6.45) is 1.62. The van der Waals surface area contributed by atoms with E-state index in [1.54, 1.807) is 37.1 Å². The van der Waals surface area contributed by atoms with Crippen LogP contribution in [0.1, 0.15) is 17.0 Å². The van der Waals surface area contributed by atoms with Gasteiger partial charge >= 0.3 is 5.69 Å². The molecule has 0 radical (unpaired) electrons. The molecule has 156 valence electrons. The van der Waals surface area contributed by atoms with Crippen LogP contribution in [0.2, 0.25) is 0 Å². The molecule has 0 unspecified atom stereocenters. The quantitative estimate of drug-likeness (QED) is 0.522. The number of imidazole rings is 1. The number of hydrogen-bond acceptors (Lipinski definition) is 5. The molecule has 0 saturated carbocycles. The molecule has 9 nitrogen and oxygen atoms in total. The summed E-state index contributed by atoms with van der Waals surface area (Å²) in [6, 6.07) is 10.2. The van der Waals surface area contributed by atoms with Crippen molar-refractivity contribution in [2.75, 3.05) is 0 Å². The van der Waals surface area contributed by atoms with Crippen molar-refractivity contribution in [3.8, 4) is 5.82 Å². The van der Waals surface area contributed by atoms with Crippen LogP contribution in [-0.4, -0.2) is 32.3 Å². The summed E-state index contributed by atoms with van der Waals surface area (Å²) in [5.41, 5.74) is 3.61. The highest BCUT2D eigenvalue weighted by molar-refractivity contribution is 7.89. The lowest BCUT2D eigenvalue weighted by Crippen LogP contribution is -2.23. The first-order valence-electron chi connectivity index (χ1n) is 9.31. The van der Waals surface area contributed by atoms with Crippen LogP contribution >= 0.6 is 0 Å². The van der Waals surface area contributed by atoms with Gasteiger partial charge in [-0.1, -0.05) is 6.07 Å². The topological polar surface area (TPSA) is 104 Å². The van der Waals surface area contributed by atoms with Crippen molar-refractivity contribution in [2.45, 2.75) is 25.3 Å². The van der Waals surface area contributed by atoms with E-state index in [0.717, 1.165) is 17.0 Å². The van der Waals surface area contributed by atoms with Gasteiger partial charge in [0.2, 0.25) is 10.0 Å². The molecule has 0 saturated heterocycles. The maximum atomic E-state index is 12.7. The Morgan fingerprint density at radius 2 is 1.73 bits per heavy atom. The molecule has 0 spiro atoms. The fourth-order valence-electron chi connectivity index (χ4n) is 3.42. The number of benzene rings is 1. The van der Waals surface area contributed by atoms with Gasteiger partial charge < -0.3 is 0 Å². The summed E-state index contributed by atoms with van der Waals surface area (Å²) in [6.45, 7) is 3.96. The van der Waals surface area contributed by atoms with Crippen LogP contribution in [0, 0.1) is 13.8 Å². The minimum Gasteiger partial charge on any atom is -0.295 e. The van der Waals surface area contributed by atoms with E-state index < -0.39 is 10.0 Å². The molecule has 0 atom stereocenters. The highest BCUT2D eigenvalue weighted by Gasteiger charge is 2.17. The molecule has 0 fully saturated rings. The molecular weight excluding hydrogens is 404 g/mol. The molecule has 0 amide bonds. The van der Waals surface area contributed by atoms with E-state index in [4.69, 9.17) is 0 Å². The van der Waals surface area contributed by atoms with E-state index in [2.05, 4.69) is 14.8 Å². The van der Waals surface area contributed by atoms with Crippen molar-refractivity contribution >= 4 is 21.1 Å². The molecule has 0 aliphatic rings. The lowest BCUT2D eigenvalue weighted by Gasteiger charge is -2.08. The Hall–Kier alpha value is -3.24. The Morgan fingerprint density at radius 3 is 2.37 bits per heavy atom. The van der Waals surface area contributed by atoms with Crippen molar-refractivity contribution in [2.24, 2.45) is 14.1 Å². The summed E-state index contributed by atoms with van der Waals surface area (Å²) in [7, 11) is -0.488. The van der Waals surface area contributed by atoms with Crippen molar-refractivity contribution < 1.29 is 8.42 Å². The largest absolute Gasteiger partial charge is 0.328 e. The van der Waals surface area contributed by atoms with Crippen molar-refractivity contribution in [3.05, 3.63) is 70.0 Å². The lowest BCUT2D eigenvalue weighted by atomic mass is 10.3. The van der Waals surface area contributed by atoms with Crippen molar-refractivity contribution in [1.29, 1.82) is 0 Å². The second-order valence-corrected chi connectivity index (χ2v) is 9.01. The Morgan fingerprint density at radius 1 is 1.00 bits per heavy atom. The number of fused-ring (bicyclic) bond motifs is 1. The second kappa shape index (κ2) is 7.22. The zero-order valence-corrected chi connectivity index (χ0v) is 17.9. The van der Waals surface area contributed by atoms with Gasteiger partial charge in [0.1, 0.15) is 0 Å². The van der Waals surface area contributed by atoms with Gasteiger partial charge in [-0.3, -0.25) is 9.13 Å². The van der Waals surface area contributed by atoms with E-state index in [-0.39, 0.29) is 17.1 Å². The number of nitrogens with zero attached hydrogens (tertiary/aromatic N) is 5. The first-order valence-corrected chi connectivity index (χ1v) is 10.8. The molecule has 3 heterocycles. The predicted octanol–water partition coefficient (Wildman–Crippen LogP) is 1.55. The summed E-state index contributed by atoms with van der Waals surface area (Å²) in [5, 5.41) is 4.39. The van der Waals surface area contributed by atoms with Gasteiger partial charge in [-0.25, -0.2) is 27.6 Å². The summed E-state index contributed by atoms with van der Waals surface area (Å²) < 4.78 is 32.7. The van der Waals surface area contributed by atoms with Gasteiger partial charge in [-0.05, 0) is 49.7 Å². The monoisotopic (exact) mass is 426 g/mol. The average Bonchev–Trinajstić information content (AvgIpc) is 3.18. The zero-order valence-electron chi connectivity index (χ0n) is 17.1. The maximum absolute atomic E-state index is 12.7. The fourth-order valence-corrected chi connectivity index (χ4v) is 4.46. The van der Waals surface area contributed by atoms with E-state index in [1.165, 1.54) is 21.3 Å². The standard InChI is InChI=1S/C20H22N6O3S/c1-13-9-14(2)26(23-13)19-8-5-15(11-21-19)12-22-30(28,29)16-6-7-17-18(10-16)25(4)20(27)24(17)3/h5-11,22H,12H2,1-4H3. The van der Waals surface area contributed by atoms with E-state index in [1.807, 2.05) is 26.0 Å². The predicted molar refractivity (Wildman–Crippen MR) is 113 cm³/mol. The van der Waals surface area contributed by atoms with E-state index in [0.29, 0.717) is 16.9 Å². The molecule has 4 rings (SSSR count). The van der Waals surface area contributed by atoms with Crippen LogP contribution in [0.15, 0.2) is 52.3 Å². The highest BCUT2D eigenvalue weighted by atomic mass is 32.2. The van der Waals surface area contributed by atoms with Gasteiger partial charge in [-0.15, -0.1) is 0 Å². The minimum absolute atomic E-state index is 0.0957. The van der Waals surface area contributed by atoms with Crippen LogP contribution in [0.25, 0.3) is 16.9 Å². The molecule has 10 heteroatoms. The van der Waals surface area contributed by atoms with Crippen molar-refractivity contribution in [1.82, 2.24) is 28.6 Å². The Labute approximate surface area is 173 Å². The van der Waals surface area contributed by atoms with Gasteiger partial charge in [-0.2, -0.15) is 5.10 Å². The second-order valence-electron chi connectivity index (χ2n) is 7.24. The fraction of sp³-hybridized carbons (Fsp3) is 0.250. The molecule has 3 aromatic heterocycles. The smallest absolute Gasteiger partial charge is 0.295 e. The minimum atomic E-state index is -3.76. The van der Waals surface area contributed by atoms with Gasteiger partial charge in [0.15, 0.2) is 5.82 Å². The molecule has 4 aromatic rings. The third-order valence-electron chi connectivity index (χ3n) is 5.06. The molecule has 1 N–H and O–H groups in total. The Bertz CT molecular complexity index is 1410. The molecule has 1 aromatic carbocycles. The number of aryl methyl sites for hydroxylation is 4. The van der Waals surface area contributed by atoms with Crippen LogP contribution in [-0.2, 0) is 30.7 Å². The third kappa shape index (κ3) is 3.44. The van der Waals surface area contributed by atoms with Crippen LogP contribution in [0.3, 0.4) is 0 Å². The number of sulfonamides is 1. The number of aromatic nitrogens is 5. The first-order chi connectivity index (χ1) is 14.2. The number of nitrogens with one attached hydrogen (secondary N) is 1. The van der Waals surface area contributed by atoms with Gasteiger partial charge in [0.25, 0.3) is 0 Å². The van der Waals surface area contributed by atoms with Crippen LogP contribution < -0.4 is 10.4 Å². The Kier molecular flexibility index (Phi) is 4.83. The Balaban J connectivity index is 1.54. The first kappa shape index (κ1) is 20.0. The van der Waals surface area contributed by atoms with Crippen LogP contribution in [0.4, 0.5) is 0 Å². The third-order valence-corrected chi connectivity index (χ3v) is 6.45. The summed E-state index contributed by atoms with van der Waals surface area (Å²) in [5.74, 6) is 0.669. The molecule has 30 heavy (non-hydrogen) atoms. The molecule has 0 aliphatic carbocycles. The highest BCUT2D eigenvalue weighted by Crippen LogP contribution is 2.18. The number of rotatable bonds is 5. The molecule has 0 aliphatic heterocycles. The van der Waals surface area contributed by atoms with Crippen molar-refractivity contribution in [3.63, 3.8) is 0 Å². The van der Waals surface area contributed by atoms with Gasteiger partial charge in [0.05, 0.1) is 21.6 Å². The normalized spacial score (nSPS) is 12.0. The summed E-state index contributed by atoms with van der Waals surface area (Å²) >= 11 is 0. The van der Waals surface area contributed by atoms with E-state index in [9.17, 15) is 13.2 Å².